The largest absolute Gasteiger partial charge is 0.311 e. The van der Waals surface area contributed by atoms with Crippen LogP contribution in [0.2, 0.25) is 0 Å². The second-order valence-corrected chi connectivity index (χ2v) is 10.9. The van der Waals surface area contributed by atoms with Crippen molar-refractivity contribution < 1.29 is 13.2 Å². The molecule has 4 rings (SSSR count). The minimum absolute atomic E-state index is 0.130. The lowest BCUT2D eigenvalue weighted by Gasteiger charge is -2.20. The van der Waals surface area contributed by atoms with Gasteiger partial charge in [-0.15, -0.1) is 0 Å². The van der Waals surface area contributed by atoms with E-state index >= 15 is 0 Å². The molecule has 2 aliphatic rings. The monoisotopic (exact) mass is 462 g/mol. The predicted molar refractivity (Wildman–Crippen MR) is 114 cm³/mol. The molecule has 28 heavy (non-hydrogen) atoms. The molecule has 7 heteroatoms. The third-order valence-corrected chi connectivity index (χ3v) is 7.43. The number of rotatable bonds is 4. The topological polar surface area (TPSA) is 66.5 Å². The van der Waals surface area contributed by atoms with Crippen LogP contribution in [-0.4, -0.2) is 20.9 Å². The summed E-state index contributed by atoms with van der Waals surface area (Å²) in [4.78, 5) is 14.7. The summed E-state index contributed by atoms with van der Waals surface area (Å²) in [5.74, 6) is 0.287. The molecule has 1 amide bonds. The Labute approximate surface area is 174 Å². The molecule has 2 aromatic carbocycles. The third kappa shape index (κ3) is 3.46. The van der Waals surface area contributed by atoms with Gasteiger partial charge in [0.2, 0.25) is 5.91 Å². The number of benzene rings is 2. The Kier molecular flexibility index (Phi) is 4.58. The first kappa shape index (κ1) is 19.5. The maximum absolute atomic E-state index is 13.0. The van der Waals surface area contributed by atoms with Crippen molar-refractivity contribution >= 4 is 43.2 Å². The summed E-state index contributed by atoms with van der Waals surface area (Å²) in [5, 5.41) is 0. The highest BCUT2D eigenvalue weighted by atomic mass is 79.9. The first-order valence-corrected chi connectivity index (χ1v) is 11.6. The average molecular weight is 463 g/mol. The number of nitrogens with one attached hydrogen (secondary N) is 1. The fourth-order valence-electron chi connectivity index (χ4n) is 3.68. The molecule has 148 valence electrons. The van der Waals surface area contributed by atoms with Gasteiger partial charge in [0, 0.05) is 28.0 Å². The zero-order valence-electron chi connectivity index (χ0n) is 16.1. The number of aryl methyl sites for hydroxylation is 1. The van der Waals surface area contributed by atoms with Crippen LogP contribution in [0.4, 0.5) is 11.4 Å². The number of carbonyl (C=O) groups is 1. The molecule has 0 radical (unpaired) electrons. The molecule has 1 aliphatic heterocycles. The van der Waals surface area contributed by atoms with Gasteiger partial charge in [-0.3, -0.25) is 9.52 Å². The Bertz CT molecular complexity index is 1080. The van der Waals surface area contributed by atoms with Crippen molar-refractivity contribution in [1.29, 1.82) is 0 Å². The van der Waals surface area contributed by atoms with E-state index in [-0.39, 0.29) is 22.1 Å². The Morgan fingerprint density at radius 3 is 2.54 bits per heavy atom. The van der Waals surface area contributed by atoms with E-state index in [1.807, 2.05) is 37.8 Å². The lowest BCUT2D eigenvalue weighted by molar-refractivity contribution is -0.119. The van der Waals surface area contributed by atoms with Gasteiger partial charge in [-0.25, -0.2) is 8.42 Å². The van der Waals surface area contributed by atoms with Crippen LogP contribution in [-0.2, 0) is 20.2 Å². The zero-order chi connectivity index (χ0) is 20.3. The maximum Gasteiger partial charge on any atom is 0.261 e. The van der Waals surface area contributed by atoms with Crippen LogP contribution >= 0.6 is 15.9 Å². The molecular formula is C21H23BrN2O3S. The molecule has 1 aliphatic carbocycles. The molecule has 0 unspecified atom stereocenters. The standard InChI is InChI=1S/C21H23BrN2O3S/c1-13-4-8-18(17(22)10-13)23-28(26,27)15-7-9-19-16(11-15)21(2,3)12-24(19)20(25)14-5-6-14/h4,7-11,14,23H,5-6,12H2,1-3H3. The van der Waals surface area contributed by atoms with Crippen molar-refractivity contribution in [3.8, 4) is 0 Å². The minimum Gasteiger partial charge on any atom is -0.311 e. The summed E-state index contributed by atoms with van der Waals surface area (Å²) in [6.45, 7) is 6.62. The van der Waals surface area contributed by atoms with E-state index in [1.54, 1.807) is 24.3 Å². The SMILES string of the molecule is Cc1ccc(NS(=O)(=O)c2ccc3c(c2)C(C)(C)CN3C(=O)C2CC2)c(Br)c1. The van der Waals surface area contributed by atoms with Crippen LogP contribution in [0.25, 0.3) is 0 Å². The Hall–Kier alpha value is -1.86. The van der Waals surface area contributed by atoms with Crippen LogP contribution in [0.1, 0.15) is 37.8 Å². The van der Waals surface area contributed by atoms with Crippen LogP contribution in [0, 0.1) is 12.8 Å². The first-order valence-electron chi connectivity index (χ1n) is 9.33. The maximum atomic E-state index is 13.0. The summed E-state index contributed by atoms with van der Waals surface area (Å²) >= 11 is 3.41. The molecule has 1 saturated carbocycles. The second kappa shape index (κ2) is 6.59. The number of carbonyl (C=O) groups excluding carboxylic acids is 1. The van der Waals surface area contributed by atoms with Gasteiger partial charge in [0.1, 0.15) is 0 Å². The molecular weight excluding hydrogens is 440 g/mol. The van der Waals surface area contributed by atoms with Crippen molar-refractivity contribution in [3.05, 3.63) is 52.0 Å². The Morgan fingerprint density at radius 1 is 1.18 bits per heavy atom. The Morgan fingerprint density at radius 2 is 1.89 bits per heavy atom. The van der Waals surface area contributed by atoms with Gasteiger partial charge in [-0.05, 0) is 77.2 Å². The van der Waals surface area contributed by atoms with Crippen LogP contribution < -0.4 is 9.62 Å². The quantitative estimate of drug-likeness (QED) is 0.721. The molecule has 5 nitrogen and oxygen atoms in total. The highest BCUT2D eigenvalue weighted by Crippen LogP contribution is 2.44. The highest BCUT2D eigenvalue weighted by Gasteiger charge is 2.43. The number of fused-ring (bicyclic) bond motifs is 1. The van der Waals surface area contributed by atoms with Crippen molar-refractivity contribution in [3.63, 3.8) is 0 Å². The van der Waals surface area contributed by atoms with E-state index in [9.17, 15) is 13.2 Å². The summed E-state index contributed by atoms with van der Waals surface area (Å²) < 4.78 is 29.3. The molecule has 1 fully saturated rings. The van der Waals surface area contributed by atoms with Crippen molar-refractivity contribution in [2.24, 2.45) is 5.92 Å². The van der Waals surface area contributed by atoms with E-state index in [0.717, 1.165) is 29.7 Å². The van der Waals surface area contributed by atoms with Crippen LogP contribution in [0.5, 0.6) is 0 Å². The molecule has 0 aromatic heterocycles. The number of nitrogens with zero attached hydrogens (tertiary/aromatic N) is 1. The van der Waals surface area contributed by atoms with Gasteiger partial charge < -0.3 is 4.90 Å². The lowest BCUT2D eigenvalue weighted by atomic mass is 9.87. The normalized spacial score (nSPS) is 18.1. The molecule has 1 heterocycles. The highest BCUT2D eigenvalue weighted by molar-refractivity contribution is 9.10. The third-order valence-electron chi connectivity index (χ3n) is 5.41. The average Bonchev–Trinajstić information content (AvgIpc) is 3.42. The molecule has 0 spiro atoms. The molecule has 0 bridgehead atoms. The van der Waals surface area contributed by atoms with E-state index in [1.165, 1.54) is 0 Å². The Balaban J connectivity index is 1.69. The first-order chi connectivity index (χ1) is 13.1. The van der Waals surface area contributed by atoms with Gasteiger partial charge >= 0.3 is 0 Å². The van der Waals surface area contributed by atoms with Gasteiger partial charge in [-0.2, -0.15) is 0 Å². The van der Waals surface area contributed by atoms with Crippen LogP contribution in [0.3, 0.4) is 0 Å². The van der Waals surface area contributed by atoms with Gasteiger partial charge in [-0.1, -0.05) is 19.9 Å². The number of sulfonamides is 1. The fraction of sp³-hybridized carbons (Fsp3) is 0.381. The zero-order valence-corrected chi connectivity index (χ0v) is 18.5. The van der Waals surface area contributed by atoms with E-state index in [2.05, 4.69) is 20.7 Å². The molecule has 0 saturated heterocycles. The van der Waals surface area contributed by atoms with Crippen molar-refractivity contribution in [2.45, 2.75) is 43.9 Å². The van der Waals surface area contributed by atoms with E-state index in [4.69, 9.17) is 0 Å². The number of amides is 1. The van der Waals surface area contributed by atoms with Gasteiger partial charge in [0.15, 0.2) is 0 Å². The minimum atomic E-state index is -3.75. The summed E-state index contributed by atoms with van der Waals surface area (Å²) in [5.41, 5.74) is 2.96. The van der Waals surface area contributed by atoms with E-state index < -0.39 is 10.0 Å². The fourth-order valence-corrected chi connectivity index (χ4v) is 5.51. The van der Waals surface area contributed by atoms with Crippen LogP contribution in [0.15, 0.2) is 45.8 Å². The number of hydrogen-bond donors (Lipinski definition) is 1. The second-order valence-electron chi connectivity index (χ2n) is 8.35. The number of hydrogen-bond acceptors (Lipinski definition) is 3. The van der Waals surface area contributed by atoms with Crippen molar-refractivity contribution in [1.82, 2.24) is 0 Å². The van der Waals surface area contributed by atoms with Gasteiger partial charge in [0.05, 0.1) is 10.6 Å². The van der Waals surface area contributed by atoms with E-state index in [0.29, 0.717) is 16.7 Å². The van der Waals surface area contributed by atoms with Crippen molar-refractivity contribution in [2.75, 3.05) is 16.2 Å². The lowest BCUT2D eigenvalue weighted by Crippen LogP contribution is -2.34. The predicted octanol–water partition coefficient (Wildman–Crippen LogP) is 4.59. The molecule has 2 aromatic rings. The number of halogens is 1. The summed E-state index contributed by atoms with van der Waals surface area (Å²) in [7, 11) is -3.75. The molecule has 0 atom stereocenters. The number of anilines is 2. The smallest absolute Gasteiger partial charge is 0.261 e. The summed E-state index contributed by atoms with van der Waals surface area (Å²) in [6, 6.07) is 10.5. The summed E-state index contributed by atoms with van der Waals surface area (Å²) in [6.07, 6.45) is 1.90. The van der Waals surface area contributed by atoms with Gasteiger partial charge in [0.25, 0.3) is 10.0 Å². The molecule has 1 N–H and O–H groups in total.